The van der Waals surface area contributed by atoms with Gasteiger partial charge >= 0.3 is 0 Å². The third kappa shape index (κ3) is 3.06. The molecule has 0 radical (unpaired) electrons. The van der Waals surface area contributed by atoms with Gasteiger partial charge in [-0.15, -0.1) is 0 Å². The minimum atomic E-state index is -3.71. The zero-order valence-electron chi connectivity index (χ0n) is 10.2. The first kappa shape index (κ1) is 13.9. The number of hydrogen-bond donors (Lipinski definition) is 2. The summed E-state index contributed by atoms with van der Waals surface area (Å²) < 4.78 is 28.3. The predicted molar refractivity (Wildman–Crippen MR) is 73.1 cm³/mol. The first-order chi connectivity index (χ1) is 8.90. The molecule has 8 heteroatoms. The van der Waals surface area contributed by atoms with Crippen LogP contribution in [-0.4, -0.2) is 18.2 Å². The standard InChI is InChI=1S/C11H13ClN4O2S/c1-16-9(4-5-14-16)7-15-19(17,18)11-6-8(13)2-3-10(11)12/h2-6,15H,7,13H2,1H3. The van der Waals surface area contributed by atoms with Crippen LogP contribution in [0.25, 0.3) is 0 Å². The van der Waals surface area contributed by atoms with Gasteiger partial charge in [0.25, 0.3) is 0 Å². The average molecular weight is 301 g/mol. The Balaban J connectivity index is 2.23. The Labute approximate surface area is 116 Å². The van der Waals surface area contributed by atoms with E-state index in [-0.39, 0.29) is 16.5 Å². The molecule has 0 aliphatic carbocycles. The van der Waals surface area contributed by atoms with E-state index in [0.717, 1.165) is 5.69 Å². The van der Waals surface area contributed by atoms with E-state index in [0.29, 0.717) is 5.69 Å². The first-order valence-corrected chi connectivity index (χ1v) is 7.28. The maximum atomic E-state index is 12.1. The van der Waals surface area contributed by atoms with Crippen molar-refractivity contribution in [2.24, 2.45) is 7.05 Å². The van der Waals surface area contributed by atoms with Crippen molar-refractivity contribution in [2.75, 3.05) is 5.73 Å². The molecule has 0 amide bonds. The number of hydrogen-bond acceptors (Lipinski definition) is 4. The molecule has 1 aromatic carbocycles. The van der Waals surface area contributed by atoms with E-state index >= 15 is 0 Å². The van der Waals surface area contributed by atoms with Gasteiger partial charge in [0, 0.05) is 18.9 Å². The third-order valence-electron chi connectivity index (χ3n) is 2.61. The number of nitrogens with zero attached hydrogens (tertiary/aromatic N) is 2. The Morgan fingerprint density at radius 3 is 2.79 bits per heavy atom. The molecule has 0 saturated carbocycles. The van der Waals surface area contributed by atoms with Crippen molar-refractivity contribution in [3.8, 4) is 0 Å². The molecule has 0 unspecified atom stereocenters. The molecule has 0 aliphatic rings. The number of halogens is 1. The SMILES string of the molecule is Cn1nccc1CNS(=O)(=O)c1cc(N)ccc1Cl. The summed E-state index contributed by atoms with van der Waals surface area (Å²) in [4.78, 5) is -0.0312. The number of aryl methyl sites for hydroxylation is 1. The number of nitrogens with one attached hydrogen (secondary N) is 1. The van der Waals surface area contributed by atoms with Crippen molar-refractivity contribution in [3.63, 3.8) is 0 Å². The van der Waals surface area contributed by atoms with Crippen molar-refractivity contribution in [2.45, 2.75) is 11.4 Å². The zero-order valence-corrected chi connectivity index (χ0v) is 11.7. The van der Waals surface area contributed by atoms with Gasteiger partial charge in [0.2, 0.25) is 10.0 Å². The maximum absolute atomic E-state index is 12.1. The van der Waals surface area contributed by atoms with Gasteiger partial charge in [0.05, 0.1) is 17.3 Å². The number of nitrogens with two attached hydrogens (primary N) is 1. The highest BCUT2D eigenvalue weighted by Crippen LogP contribution is 2.23. The molecule has 0 bridgehead atoms. The van der Waals surface area contributed by atoms with Crippen LogP contribution in [0, 0.1) is 0 Å². The van der Waals surface area contributed by atoms with Gasteiger partial charge in [-0.2, -0.15) is 5.10 Å². The zero-order chi connectivity index (χ0) is 14.0. The summed E-state index contributed by atoms with van der Waals surface area (Å²) in [5.41, 5.74) is 6.65. The summed E-state index contributed by atoms with van der Waals surface area (Å²) in [6.07, 6.45) is 1.59. The van der Waals surface area contributed by atoms with Crippen LogP contribution in [-0.2, 0) is 23.6 Å². The molecule has 0 saturated heterocycles. The van der Waals surface area contributed by atoms with Crippen LogP contribution in [0.4, 0.5) is 5.69 Å². The van der Waals surface area contributed by atoms with Crippen LogP contribution in [0.5, 0.6) is 0 Å². The second-order valence-corrected chi connectivity index (χ2v) is 6.10. The van der Waals surface area contributed by atoms with Gasteiger partial charge in [0.15, 0.2) is 0 Å². The van der Waals surface area contributed by atoms with Crippen molar-refractivity contribution in [1.29, 1.82) is 0 Å². The lowest BCUT2D eigenvalue weighted by molar-refractivity contribution is 0.577. The molecule has 6 nitrogen and oxygen atoms in total. The Bertz CT molecular complexity index is 696. The van der Waals surface area contributed by atoms with Crippen molar-refractivity contribution < 1.29 is 8.42 Å². The second kappa shape index (κ2) is 5.20. The van der Waals surface area contributed by atoms with Crippen LogP contribution in [0.15, 0.2) is 35.4 Å². The lowest BCUT2D eigenvalue weighted by Crippen LogP contribution is -2.24. The van der Waals surface area contributed by atoms with Crippen LogP contribution in [0.2, 0.25) is 5.02 Å². The minimum absolute atomic E-state index is 0.0312. The highest BCUT2D eigenvalue weighted by Gasteiger charge is 2.18. The summed E-state index contributed by atoms with van der Waals surface area (Å²) in [6, 6.07) is 6.05. The highest BCUT2D eigenvalue weighted by atomic mass is 35.5. The molecular formula is C11H13ClN4O2S. The third-order valence-corrected chi connectivity index (χ3v) is 4.49. The summed E-state index contributed by atoms with van der Waals surface area (Å²) in [5, 5.41) is 4.09. The molecule has 1 aromatic heterocycles. The fourth-order valence-electron chi connectivity index (χ4n) is 1.55. The van der Waals surface area contributed by atoms with Gasteiger partial charge in [-0.3, -0.25) is 4.68 Å². The molecule has 19 heavy (non-hydrogen) atoms. The smallest absolute Gasteiger partial charge is 0.242 e. The second-order valence-electron chi connectivity index (χ2n) is 3.96. The maximum Gasteiger partial charge on any atom is 0.242 e. The van der Waals surface area contributed by atoms with Gasteiger partial charge in [-0.25, -0.2) is 13.1 Å². The van der Waals surface area contributed by atoms with E-state index in [1.807, 2.05) is 0 Å². The topological polar surface area (TPSA) is 90.0 Å². The largest absolute Gasteiger partial charge is 0.399 e. The van der Waals surface area contributed by atoms with E-state index in [9.17, 15) is 8.42 Å². The Morgan fingerprint density at radius 2 is 2.16 bits per heavy atom. The monoisotopic (exact) mass is 300 g/mol. The molecular weight excluding hydrogens is 288 g/mol. The van der Waals surface area contributed by atoms with E-state index in [1.54, 1.807) is 30.1 Å². The number of nitrogen functional groups attached to an aromatic ring is 1. The number of anilines is 1. The van der Waals surface area contributed by atoms with Crippen molar-refractivity contribution in [3.05, 3.63) is 41.2 Å². The van der Waals surface area contributed by atoms with Crippen molar-refractivity contribution >= 4 is 27.3 Å². The number of aromatic nitrogens is 2. The van der Waals surface area contributed by atoms with Gasteiger partial charge in [-0.1, -0.05) is 11.6 Å². The van der Waals surface area contributed by atoms with E-state index < -0.39 is 10.0 Å². The van der Waals surface area contributed by atoms with Gasteiger partial charge in [0.1, 0.15) is 4.90 Å². The minimum Gasteiger partial charge on any atom is -0.399 e. The summed E-state index contributed by atoms with van der Waals surface area (Å²) in [5.74, 6) is 0. The fraction of sp³-hybridized carbons (Fsp3) is 0.182. The fourth-order valence-corrected chi connectivity index (χ4v) is 3.08. The lowest BCUT2D eigenvalue weighted by atomic mass is 10.3. The Kier molecular flexibility index (Phi) is 3.79. The van der Waals surface area contributed by atoms with Gasteiger partial charge in [-0.05, 0) is 24.3 Å². The molecule has 0 aliphatic heterocycles. The van der Waals surface area contributed by atoms with E-state index in [1.165, 1.54) is 12.1 Å². The Morgan fingerprint density at radius 1 is 1.42 bits per heavy atom. The molecule has 3 N–H and O–H groups in total. The molecule has 0 fully saturated rings. The highest BCUT2D eigenvalue weighted by molar-refractivity contribution is 7.89. The average Bonchev–Trinajstić information content (AvgIpc) is 2.75. The molecule has 102 valence electrons. The Hall–Kier alpha value is -1.57. The molecule has 2 rings (SSSR count). The van der Waals surface area contributed by atoms with E-state index in [2.05, 4.69) is 9.82 Å². The van der Waals surface area contributed by atoms with Crippen LogP contribution in [0.3, 0.4) is 0 Å². The lowest BCUT2D eigenvalue weighted by Gasteiger charge is -2.09. The quantitative estimate of drug-likeness (QED) is 0.828. The summed E-state index contributed by atoms with van der Waals surface area (Å²) >= 11 is 5.88. The van der Waals surface area contributed by atoms with Crippen LogP contribution in [0.1, 0.15) is 5.69 Å². The number of benzene rings is 1. The van der Waals surface area contributed by atoms with Crippen LogP contribution < -0.4 is 10.5 Å². The predicted octanol–water partition coefficient (Wildman–Crippen LogP) is 1.13. The summed E-state index contributed by atoms with van der Waals surface area (Å²) in [7, 11) is -1.98. The molecule has 1 heterocycles. The van der Waals surface area contributed by atoms with Gasteiger partial charge < -0.3 is 5.73 Å². The summed E-state index contributed by atoms with van der Waals surface area (Å²) in [6.45, 7) is 0.129. The number of rotatable bonds is 4. The molecule has 2 aromatic rings. The molecule has 0 spiro atoms. The van der Waals surface area contributed by atoms with Crippen LogP contribution >= 0.6 is 11.6 Å². The number of sulfonamides is 1. The molecule has 0 atom stereocenters. The van der Waals surface area contributed by atoms with E-state index in [4.69, 9.17) is 17.3 Å². The first-order valence-electron chi connectivity index (χ1n) is 5.42. The van der Waals surface area contributed by atoms with Crippen molar-refractivity contribution in [1.82, 2.24) is 14.5 Å². The normalized spacial score (nSPS) is 11.7.